The van der Waals surface area contributed by atoms with E-state index >= 15 is 0 Å². The van der Waals surface area contributed by atoms with Crippen molar-refractivity contribution in [1.82, 2.24) is 5.32 Å². The minimum Gasteiger partial charge on any atom is -0.492 e. The minimum atomic E-state index is -4.15. The molecule has 0 aliphatic rings. The number of nitro benzene ring substituents is 1. The van der Waals surface area contributed by atoms with Gasteiger partial charge in [-0.2, -0.15) is 0 Å². The summed E-state index contributed by atoms with van der Waals surface area (Å²) in [5, 5.41) is 13.6. The van der Waals surface area contributed by atoms with Crippen molar-refractivity contribution in [2.45, 2.75) is 11.8 Å². The van der Waals surface area contributed by atoms with Gasteiger partial charge in [0.05, 0.1) is 27.6 Å². The summed E-state index contributed by atoms with van der Waals surface area (Å²) in [6.07, 6.45) is 0. The second kappa shape index (κ2) is 9.92. The fourth-order valence-electron chi connectivity index (χ4n) is 2.80. The summed E-state index contributed by atoms with van der Waals surface area (Å²) in [7, 11) is -4.15. The van der Waals surface area contributed by atoms with Gasteiger partial charge in [0.25, 0.3) is 21.6 Å². The summed E-state index contributed by atoms with van der Waals surface area (Å²) < 4.78 is 33.3. The maximum Gasteiger partial charge on any atom is 0.270 e. The number of carbonyl (C=O) groups excluding carboxylic acids is 1. The number of aryl methyl sites for hydroxylation is 1. The predicted octanol–water partition coefficient (Wildman–Crippen LogP) is 3.51. The third-order valence-corrected chi connectivity index (χ3v) is 5.80. The van der Waals surface area contributed by atoms with Gasteiger partial charge in [-0.3, -0.25) is 19.6 Å². The molecule has 0 saturated heterocycles. The molecule has 1 amide bonds. The van der Waals surface area contributed by atoms with Crippen LogP contribution in [0.5, 0.6) is 5.75 Å². The summed E-state index contributed by atoms with van der Waals surface area (Å²) in [6.45, 7) is 2.41. The van der Waals surface area contributed by atoms with Crippen molar-refractivity contribution < 1.29 is 22.9 Å². The molecule has 0 bridgehead atoms. The summed E-state index contributed by atoms with van der Waals surface area (Å²) in [5.41, 5.74) is 0.912. The highest BCUT2D eigenvalue weighted by molar-refractivity contribution is 7.92. The number of rotatable bonds is 9. The number of sulfonamides is 1. The van der Waals surface area contributed by atoms with E-state index in [1.165, 1.54) is 30.3 Å². The lowest BCUT2D eigenvalue weighted by Gasteiger charge is -2.13. The van der Waals surface area contributed by atoms with E-state index in [4.69, 9.17) is 4.74 Å². The molecule has 0 aliphatic carbocycles. The van der Waals surface area contributed by atoms with Gasteiger partial charge in [-0.05, 0) is 37.3 Å². The zero-order chi connectivity index (χ0) is 23.1. The summed E-state index contributed by atoms with van der Waals surface area (Å²) >= 11 is 0. The molecule has 0 unspecified atom stereocenters. The fraction of sp³-hybridized carbons (Fsp3) is 0.136. The number of nitrogens with zero attached hydrogens (tertiary/aromatic N) is 1. The molecule has 0 heterocycles. The lowest BCUT2D eigenvalue weighted by Crippen LogP contribution is -2.29. The van der Waals surface area contributed by atoms with Crippen molar-refractivity contribution in [3.8, 4) is 5.75 Å². The van der Waals surface area contributed by atoms with E-state index in [-0.39, 0.29) is 35.0 Å². The number of benzene rings is 3. The van der Waals surface area contributed by atoms with E-state index < -0.39 is 20.9 Å². The number of hydrogen-bond donors (Lipinski definition) is 2. The first-order chi connectivity index (χ1) is 15.3. The van der Waals surface area contributed by atoms with Gasteiger partial charge in [0.15, 0.2) is 0 Å². The van der Waals surface area contributed by atoms with E-state index in [0.717, 1.165) is 11.6 Å². The first-order valence-electron chi connectivity index (χ1n) is 9.60. The number of anilines is 1. The van der Waals surface area contributed by atoms with Crippen LogP contribution >= 0.6 is 0 Å². The van der Waals surface area contributed by atoms with Gasteiger partial charge < -0.3 is 10.1 Å². The van der Waals surface area contributed by atoms with Gasteiger partial charge in [-0.15, -0.1) is 0 Å². The standard InChI is InChI=1S/C22H21N3O6S/c1-16-9-11-18(12-10-16)31-14-13-23-22(26)20-7-2-3-8-21(20)24-32(29,30)19-6-4-5-17(15-19)25(27)28/h2-12,15,24H,13-14H2,1H3,(H,23,26). The number of ether oxygens (including phenoxy) is 1. The van der Waals surface area contributed by atoms with Gasteiger partial charge in [-0.25, -0.2) is 8.42 Å². The number of carbonyl (C=O) groups is 1. The van der Waals surface area contributed by atoms with Crippen molar-refractivity contribution in [2.75, 3.05) is 17.9 Å². The Kier molecular flexibility index (Phi) is 7.06. The maximum absolute atomic E-state index is 12.7. The molecule has 10 heteroatoms. The van der Waals surface area contributed by atoms with Crippen LogP contribution in [0, 0.1) is 17.0 Å². The molecule has 166 valence electrons. The van der Waals surface area contributed by atoms with Gasteiger partial charge in [0.2, 0.25) is 0 Å². The van der Waals surface area contributed by atoms with Crippen LogP contribution in [0.3, 0.4) is 0 Å². The van der Waals surface area contributed by atoms with E-state index in [2.05, 4.69) is 10.0 Å². The third-order valence-electron chi connectivity index (χ3n) is 4.43. The molecule has 32 heavy (non-hydrogen) atoms. The van der Waals surface area contributed by atoms with Crippen LogP contribution < -0.4 is 14.8 Å². The largest absolute Gasteiger partial charge is 0.492 e. The Bertz CT molecular complexity index is 1230. The van der Waals surface area contributed by atoms with Gasteiger partial charge >= 0.3 is 0 Å². The van der Waals surface area contributed by atoms with E-state index in [1.807, 2.05) is 31.2 Å². The Balaban J connectivity index is 1.67. The molecule has 9 nitrogen and oxygen atoms in total. The Labute approximate surface area is 185 Å². The van der Waals surface area contributed by atoms with Crippen molar-refractivity contribution in [3.05, 3.63) is 94.0 Å². The third kappa shape index (κ3) is 5.82. The topological polar surface area (TPSA) is 128 Å². The van der Waals surface area contributed by atoms with Crippen molar-refractivity contribution in [1.29, 1.82) is 0 Å². The number of nitrogens with one attached hydrogen (secondary N) is 2. The molecule has 0 atom stereocenters. The molecule has 2 N–H and O–H groups in total. The number of amides is 1. The predicted molar refractivity (Wildman–Crippen MR) is 119 cm³/mol. The van der Waals surface area contributed by atoms with Crippen LogP contribution in [0.25, 0.3) is 0 Å². The summed E-state index contributed by atoms with van der Waals surface area (Å²) in [6, 6.07) is 18.2. The Morgan fingerprint density at radius 1 is 1.03 bits per heavy atom. The van der Waals surface area contributed by atoms with Crippen molar-refractivity contribution >= 4 is 27.3 Å². The SMILES string of the molecule is Cc1ccc(OCCNC(=O)c2ccccc2NS(=O)(=O)c2cccc([N+](=O)[O-])c2)cc1. The number of nitro groups is 1. The average molecular weight is 455 g/mol. The Morgan fingerprint density at radius 2 is 1.75 bits per heavy atom. The smallest absolute Gasteiger partial charge is 0.270 e. The van der Waals surface area contributed by atoms with Crippen LogP contribution in [0.15, 0.2) is 77.7 Å². The minimum absolute atomic E-state index is 0.0518. The van der Waals surface area contributed by atoms with Crippen LogP contribution in [-0.4, -0.2) is 32.4 Å². The molecular formula is C22H21N3O6S. The summed E-state index contributed by atoms with van der Waals surface area (Å²) in [5.74, 6) is 0.185. The van der Waals surface area contributed by atoms with E-state index in [9.17, 15) is 23.3 Å². The van der Waals surface area contributed by atoms with Crippen LogP contribution in [0.2, 0.25) is 0 Å². The van der Waals surface area contributed by atoms with Crippen LogP contribution in [0.1, 0.15) is 15.9 Å². The average Bonchev–Trinajstić information content (AvgIpc) is 2.78. The molecule has 0 aromatic heterocycles. The van der Waals surface area contributed by atoms with E-state index in [1.54, 1.807) is 12.1 Å². The molecular weight excluding hydrogens is 434 g/mol. The van der Waals surface area contributed by atoms with Crippen molar-refractivity contribution in [3.63, 3.8) is 0 Å². The van der Waals surface area contributed by atoms with E-state index in [0.29, 0.717) is 5.75 Å². The highest BCUT2D eigenvalue weighted by Crippen LogP contribution is 2.23. The maximum atomic E-state index is 12.7. The highest BCUT2D eigenvalue weighted by atomic mass is 32.2. The Morgan fingerprint density at radius 3 is 2.47 bits per heavy atom. The zero-order valence-corrected chi connectivity index (χ0v) is 18.0. The molecule has 0 spiro atoms. The molecule has 0 aliphatic heterocycles. The first-order valence-corrected chi connectivity index (χ1v) is 11.1. The molecule has 3 aromatic carbocycles. The number of non-ortho nitro benzene ring substituents is 1. The zero-order valence-electron chi connectivity index (χ0n) is 17.1. The fourth-order valence-corrected chi connectivity index (χ4v) is 3.92. The van der Waals surface area contributed by atoms with Gasteiger partial charge in [-0.1, -0.05) is 35.9 Å². The highest BCUT2D eigenvalue weighted by Gasteiger charge is 2.20. The van der Waals surface area contributed by atoms with Gasteiger partial charge in [0.1, 0.15) is 12.4 Å². The number of para-hydroxylation sites is 1. The molecule has 0 radical (unpaired) electrons. The molecule has 3 rings (SSSR count). The lowest BCUT2D eigenvalue weighted by molar-refractivity contribution is -0.385. The first kappa shape index (κ1) is 22.8. The molecule has 0 saturated carbocycles. The molecule has 0 fully saturated rings. The Hall–Kier alpha value is -3.92. The van der Waals surface area contributed by atoms with Crippen LogP contribution in [0.4, 0.5) is 11.4 Å². The normalized spacial score (nSPS) is 10.9. The summed E-state index contributed by atoms with van der Waals surface area (Å²) in [4.78, 5) is 22.6. The number of hydrogen-bond acceptors (Lipinski definition) is 6. The second-order valence-electron chi connectivity index (χ2n) is 6.82. The van der Waals surface area contributed by atoms with Gasteiger partial charge in [0, 0.05) is 12.1 Å². The van der Waals surface area contributed by atoms with Crippen molar-refractivity contribution in [2.24, 2.45) is 0 Å². The molecule has 3 aromatic rings. The quantitative estimate of drug-likeness (QED) is 0.289. The lowest BCUT2D eigenvalue weighted by atomic mass is 10.1. The monoisotopic (exact) mass is 455 g/mol. The van der Waals surface area contributed by atoms with Crippen LogP contribution in [-0.2, 0) is 10.0 Å². The second-order valence-corrected chi connectivity index (χ2v) is 8.51.